The fraction of sp³-hybridized carbons (Fsp3) is 0.529. The van der Waals surface area contributed by atoms with Gasteiger partial charge in [0.15, 0.2) is 0 Å². The number of hydrogen-bond donors (Lipinski definition) is 2. The molecule has 1 saturated heterocycles. The molecule has 1 aromatic rings. The molecular weight excluding hydrogens is 292 g/mol. The molecule has 0 spiro atoms. The highest BCUT2D eigenvalue weighted by atomic mass is 16.2. The number of nitrogens with zero attached hydrogens (tertiary/aromatic N) is 2. The van der Waals surface area contributed by atoms with E-state index in [0.29, 0.717) is 0 Å². The van der Waals surface area contributed by atoms with E-state index in [9.17, 15) is 9.59 Å². The Kier molecular flexibility index (Phi) is 6.55. The van der Waals surface area contributed by atoms with Gasteiger partial charge in [-0.2, -0.15) is 0 Å². The highest BCUT2D eigenvalue weighted by Gasteiger charge is 2.19. The first-order valence-corrected chi connectivity index (χ1v) is 8.12. The van der Waals surface area contributed by atoms with E-state index in [2.05, 4.69) is 44.7 Å². The Morgan fingerprint density at radius 3 is 2.26 bits per heavy atom. The van der Waals surface area contributed by atoms with Crippen molar-refractivity contribution < 1.29 is 9.59 Å². The molecule has 0 saturated carbocycles. The zero-order valence-corrected chi connectivity index (χ0v) is 13.9. The molecule has 1 fully saturated rings. The molecule has 1 aliphatic heterocycles. The summed E-state index contributed by atoms with van der Waals surface area (Å²) in [6.45, 7) is 8.47. The Morgan fingerprint density at radius 1 is 1.04 bits per heavy atom. The second kappa shape index (κ2) is 8.64. The Morgan fingerprint density at radius 2 is 1.65 bits per heavy atom. The van der Waals surface area contributed by atoms with Crippen LogP contribution in [-0.2, 0) is 11.3 Å². The minimum Gasteiger partial charge on any atom is -0.336 e. The van der Waals surface area contributed by atoms with Crippen molar-refractivity contribution >= 4 is 11.9 Å². The quantitative estimate of drug-likeness (QED) is 0.851. The Bertz CT molecular complexity index is 511. The molecule has 1 aliphatic rings. The fourth-order valence-electron chi connectivity index (χ4n) is 2.61. The molecule has 0 aliphatic carbocycles. The average molecular weight is 318 g/mol. The Labute approximate surface area is 137 Å². The third-order valence-electron chi connectivity index (χ3n) is 3.75. The lowest BCUT2D eigenvalue weighted by Crippen LogP contribution is -2.51. The van der Waals surface area contributed by atoms with Gasteiger partial charge in [-0.25, -0.2) is 4.79 Å². The van der Waals surface area contributed by atoms with E-state index in [4.69, 9.17) is 0 Å². The van der Waals surface area contributed by atoms with Gasteiger partial charge in [0, 0.05) is 38.8 Å². The Hall–Kier alpha value is -1.92. The van der Waals surface area contributed by atoms with Crippen LogP contribution in [0.2, 0.25) is 0 Å². The summed E-state index contributed by atoms with van der Waals surface area (Å²) in [5.41, 5.74) is 1.31. The average Bonchev–Trinajstić information content (AvgIpc) is 2.49. The van der Waals surface area contributed by atoms with Crippen molar-refractivity contribution in [3.05, 3.63) is 35.9 Å². The largest absolute Gasteiger partial charge is 0.336 e. The molecule has 3 amide bonds. The maximum atomic E-state index is 11.8. The molecule has 0 aromatic heterocycles. The van der Waals surface area contributed by atoms with Gasteiger partial charge in [0.25, 0.3) is 0 Å². The summed E-state index contributed by atoms with van der Waals surface area (Å²) in [5.74, 6) is -0.250. The number of carbonyl (C=O) groups excluding carboxylic acids is 2. The first kappa shape index (κ1) is 17.4. The number of urea groups is 1. The topological polar surface area (TPSA) is 64.7 Å². The summed E-state index contributed by atoms with van der Waals surface area (Å²) in [6, 6.07) is 9.99. The van der Waals surface area contributed by atoms with Gasteiger partial charge < -0.3 is 5.32 Å². The van der Waals surface area contributed by atoms with E-state index >= 15 is 0 Å². The molecule has 23 heavy (non-hydrogen) atoms. The van der Waals surface area contributed by atoms with E-state index in [1.807, 2.05) is 19.9 Å². The van der Waals surface area contributed by atoms with Gasteiger partial charge in [0.1, 0.15) is 0 Å². The number of nitrogens with one attached hydrogen (secondary N) is 2. The van der Waals surface area contributed by atoms with Gasteiger partial charge >= 0.3 is 6.03 Å². The van der Waals surface area contributed by atoms with Crippen molar-refractivity contribution in [2.45, 2.75) is 26.4 Å². The molecule has 2 rings (SSSR count). The lowest BCUT2D eigenvalue weighted by Gasteiger charge is -2.34. The van der Waals surface area contributed by atoms with Crippen molar-refractivity contribution in [3.63, 3.8) is 0 Å². The number of hydrogen-bond acceptors (Lipinski definition) is 4. The molecule has 1 aromatic carbocycles. The summed E-state index contributed by atoms with van der Waals surface area (Å²) in [5, 5.41) is 5.01. The molecule has 6 heteroatoms. The molecule has 1 heterocycles. The van der Waals surface area contributed by atoms with Crippen LogP contribution in [-0.4, -0.2) is 60.5 Å². The SMILES string of the molecule is CC(C)NC(=O)NC(=O)CN1CCN(Cc2ccccc2)CC1. The van der Waals surface area contributed by atoms with E-state index in [1.54, 1.807) is 0 Å². The second-order valence-electron chi connectivity index (χ2n) is 6.21. The summed E-state index contributed by atoms with van der Waals surface area (Å²) in [6.07, 6.45) is 0. The summed E-state index contributed by atoms with van der Waals surface area (Å²) < 4.78 is 0. The number of piperazine rings is 1. The number of benzene rings is 1. The first-order chi connectivity index (χ1) is 11.0. The minimum atomic E-state index is -0.423. The van der Waals surface area contributed by atoms with Gasteiger partial charge in [0.2, 0.25) is 5.91 Å². The zero-order valence-electron chi connectivity index (χ0n) is 13.9. The molecule has 0 atom stereocenters. The molecule has 6 nitrogen and oxygen atoms in total. The van der Waals surface area contributed by atoms with Crippen LogP contribution in [0, 0.1) is 0 Å². The summed E-state index contributed by atoms with van der Waals surface area (Å²) in [7, 11) is 0. The summed E-state index contributed by atoms with van der Waals surface area (Å²) >= 11 is 0. The van der Waals surface area contributed by atoms with Crippen LogP contribution in [0.1, 0.15) is 19.4 Å². The van der Waals surface area contributed by atoms with E-state index in [1.165, 1.54) is 5.56 Å². The highest BCUT2D eigenvalue weighted by Crippen LogP contribution is 2.08. The third kappa shape index (κ3) is 6.38. The highest BCUT2D eigenvalue weighted by molar-refractivity contribution is 5.95. The van der Waals surface area contributed by atoms with Crippen molar-refractivity contribution in [2.75, 3.05) is 32.7 Å². The van der Waals surface area contributed by atoms with Crippen molar-refractivity contribution in [1.82, 2.24) is 20.4 Å². The van der Waals surface area contributed by atoms with Crippen LogP contribution >= 0.6 is 0 Å². The van der Waals surface area contributed by atoms with E-state index < -0.39 is 6.03 Å². The van der Waals surface area contributed by atoms with Gasteiger partial charge in [0.05, 0.1) is 6.54 Å². The minimum absolute atomic E-state index is 0.0179. The standard InChI is InChI=1S/C17H26N4O2/c1-14(2)18-17(23)19-16(22)13-21-10-8-20(9-11-21)12-15-6-4-3-5-7-15/h3-7,14H,8-13H2,1-2H3,(H2,18,19,22,23). The number of amides is 3. The number of imide groups is 1. The van der Waals surface area contributed by atoms with Crippen LogP contribution in [0.4, 0.5) is 4.79 Å². The van der Waals surface area contributed by atoms with Crippen molar-refractivity contribution in [1.29, 1.82) is 0 Å². The van der Waals surface area contributed by atoms with Crippen LogP contribution in [0.15, 0.2) is 30.3 Å². The predicted octanol–water partition coefficient (Wildman–Crippen LogP) is 1.04. The van der Waals surface area contributed by atoms with Gasteiger partial charge in [-0.3, -0.25) is 19.9 Å². The third-order valence-corrected chi connectivity index (χ3v) is 3.75. The molecule has 0 unspecified atom stereocenters. The lowest BCUT2D eigenvalue weighted by molar-refractivity contribution is -0.121. The predicted molar refractivity (Wildman–Crippen MR) is 90.0 cm³/mol. The Balaban J connectivity index is 1.68. The van der Waals surface area contributed by atoms with Gasteiger partial charge in [-0.1, -0.05) is 30.3 Å². The molecular formula is C17H26N4O2. The van der Waals surface area contributed by atoms with E-state index in [-0.39, 0.29) is 18.5 Å². The van der Waals surface area contributed by atoms with Gasteiger partial charge in [-0.05, 0) is 19.4 Å². The van der Waals surface area contributed by atoms with Crippen molar-refractivity contribution in [3.8, 4) is 0 Å². The molecule has 2 N–H and O–H groups in total. The monoisotopic (exact) mass is 318 g/mol. The summed E-state index contributed by atoms with van der Waals surface area (Å²) in [4.78, 5) is 27.8. The maximum absolute atomic E-state index is 11.8. The van der Waals surface area contributed by atoms with Crippen molar-refractivity contribution in [2.24, 2.45) is 0 Å². The van der Waals surface area contributed by atoms with Gasteiger partial charge in [-0.15, -0.1) is 0 Å². The fourth-order valence-corrected chi connectivity index (χ4v) is 2.61. The molecule has 0 bridgehead atoms. The smallest absolute Gasteiger partial charge is 0.321 e. The second-order valence-corrected chi connectivity index (χ2v) is 6.21. The number of carbonyl (C=O) groups is 2. The number of rotatable bonds is 5. The lowest BCUT2D eigenvalue weighted by atomic mass is 10.2. The molecule has 0 radical (unpaired) electrons. The van der Waals surface area contributed by atoms with Crippen LogP contribution in [0.5, 0.6) is 0 Å². The zero-order chi connectivity index (χ0) is 16.7. The van der Waals surface area contributed by atoms with Crippen LogP contribution < -0.4 is 10.6 Å². The van der Waals surface area contributed by atoms with Crippen LogP contribution in [0.25, 0.3) is 0 Å². The normalized spacial score (nSPS) is 16.3. The van der Waals surface area contributed by atoms with Crippen LogP contribution in [0.3, 0.4) is 0 Å². The first-order valence-electron chi connectivity index (χ1n) is 8.12. The molecule has 126 valence electrons. The maximum Gasteiger partial charge on any atom is 0.321 e. The van der Waals surface area contributed by atoms with E-state index in [0.717, 1.165) is 32.7 Å².